The lowest BCUT2D eigenvalue weighted by molar-refractivity contribution is 0.915. The number of nitrogens with zero attached hydrogens (tertiary/aromatic N) is 4. The van der Waals surface area contributed by atoms with Crippen LogP contribution in [0.3, 0.4) is 0 Å². The summed E-state index contributed by atoms with van der Waals surface area (Å²) >= 11 is 5.84. The molecule has 4 nitrogen and oxygen atoms in total. The number of halogens is 1. The topological polar surface area (TPSA) is 43.6 Å². The molecular weight excluding hydrogens is 272 g/mol. The van der Waals surface area contributed by atoms with E-state index < -0.39 is 0 Å². The van der Waals surface area contributed by atoms with Gasteiger partial charge in [0.05, 0.1) is 16.9 Å². The van der Waals surface area contributed by atoms with Crippen LogP contribution in [0, 0.1) is 20.8 Å². The fourth-order valence-electron chi connectivity index (χ4n) is 2.15. The predicted octanol–water partition coefficient (Wildman–Crippen LogP) is 3.48. The van der Waals surface area contributed by atoms with Crippen molar-refractivity contribution in [1.29, 1.82) is 0 Å². The van der Waals surface area contributed by atoms with Crippen LogP contribution in [-0.4, -0.2) is 19.5 Å². The fourth-order valence-corrected chi connectivity index (χ4v) is 2.41. The SMILES string of the molecule is Cc1cc2ncn(-c3ncc(CCl)c(C)n3)c2cc1C. The van der Waals surface area contributed by atoms with Gasteiger partial charge in [-0.1, -0.05) is 0 Å². The standard InChI is InChI=1S/C15H15ClN4/c1-9-4-13-14(5-10(9)2)20(8-18-13)15-17-7-12(6-16)11(3)19-15/h4-5,7-8H,6H2,1-3H3. The number of hydrogen-bond donors (Lipinski definition) is 0. The molecule has 0 bridgehead atoms. The van der Waals surface area contributed by atoms with Crippen LogP contribution in [0.2, 0.25) is 0 Å². The highest BCUT2D eigenvalue weighted by atomic mass is 35.5. The van der Waals surface area contributed by atoms with Gasteiger partial charge in [-0.15, -0.1) is 11.6 Å². The van der Waals surface area contributed by atoms with Gasteiger partial charge in [-0.25, -0.2) is 15.0 Å². The summed E-state index contributed by atoms with van der Waals surface area (Å²) in [5, 5.41) is 0. The summed E-state index contributed by atoms with van der Waals surface area (Å²) in [6, 6.07) is 4.20. The minimum absolute atomic E-state index is 0.426. The Balaban J connectivity index is 2.19. The van der Waals surface area contributed by atoms with Crippen molar-refractivity contribution in [3.63, 3.8) is 0 Å². The van der Waals surface area contributed by atoms with Crippen LogP contribution in [-0.2, 0) is 5.88 Å². The van der Waals surface area contributed by atoms with E-state index >= 15 is 0 Å². The third kappa shape index (κ3) is 2.06. The summed E-state index contributed by atoms with van der Waals surface area (Å²) in [4.78, 5) is 13.3. The smallest absolute Gasteiger partial charge is 0.235 e. The molecule has 0 amide bonds. The molecular formula is C15H15ClN4. The second kappa shape index (κ2) is 4.87. The van der Waals surface area contributed by atoms with Crippen molar-refractivity contribution in [3.05, 3.63) is 47.0 Å². The molecule has 0 aliphatic heterocycles. The average molecular weight is 287 g/mol. The fraction of sp³-hybridized carbons (Fsp3) is 0.267. The van der Waals surface area contributed by atoms with Crippen molar-refractivity contribution >= 4 is 22.6 Å². The van der Waals surface area contributed by atoms with Gasteiger partial charge in [0.2, 0.25) is 5.95 Å². The number of alkyl halides is 1. The van der Waals surface area contributed by atoms with Crippen LogP contribution in [0.15, 0.2) is 24.7 Å². The van der Waals surface area contributed by atoms with Crippen LogP contribution < -0.4 is 0 Å². The van der Waals surface area contributed by atoms with Gasteiger partial charge in [0.15, 0.2) is 0 Å². The Morgan fingerprint density at radius 1 is 1.10 bits per heavy atom. The first-order chi connectivity index (χ1) is 9.60. The van der Waals surface area contributed by atoms with E-state index in [0.717, 1.165) is 22.3 Å². The molecule has 2 aromatic heterocycles. The maximum absolute atomic E-state index is 5.84. The molecule has 0 spiro atoms. The molecule has 3 aromatic rings. The molecule has 2 heterocycles. The Morgan fingerprint density at radius 2 is 1.85 bits per heavy atom. The van der Waals surface area contributed by atoms with E-state index in [2.05, 4.69) is 40.9 Å². The highest BCUT2D eigenvalue weighted by Gasteiger charge is 2.10. The van der Waals surface area contributed by atoms with Crippen LogP contribution in [0.1, 0.15) is 22.4 Å². The Hall–Kier alpha value is -1.94. The summed E-state index contributed by atoms with van der Waals surface area (Å²) < 4.78 is 1.91. The van der Waals surface area contributed by atoms with Crippen LogP contribution in [0.5, 0.6) is 0 Å². The lowest BCUT2D eigenvalue weighted by Gasteiger charge is -2.07. The van der Waals surface area contributed by atoms with Gasteiger partial charge in [-0.05, 0) is 44.0 Å². The van der Waals surface area contributed by atoms with Gasteiger partial charge in [-0.3, -0.25) is 4.57 Å². The van der Waals surface area contributed by atoms with E-state index in [0.29, 0.717) is 11.8 Å². The number of fused-ring (bicyclic) bond motifs is 1. The first-order valence-electron chi connectivity index (χ1n) is 6.43. The van der Waals surface area contributed by atoms with Gasteiger partial charge in [-0.2, -0.15) is 0 Å². The van der Waals surface area contributed by atoms with E-state index in [1.165, 1.54) is 11.1 Å². The third-order valence-electron chi connectivity index (χ3n) is 3.59. The van der Waals surface area contributed by atoms with Crippen molar-refractivity contribution in [3.8, 4) is 5.95 Å². The van der Waals surface area contributed by atoms with Crippen molar-refractivity contribution in [1.82, 2.24) is 19.5 Å². The van der Waals surface area contributed by atoms with E-state index in [-0.39, 0.29) is 0 Å². The van der Waals surface area contributed by atoms with Gasteiger partial charge in [0, 0.05) is 17.5 Å². The summed E-state index contributed by atoms with van der Waals surface area (Å²) in [5.41, 5.74) is 6.29. The summed E-state index contributed by atoms with van der Waals surface area (Å²) in [6.45, 7) is 6.12. The van der Waals surface area contributed by atoms with E-state index in [4.69, 9.17) is 11.6 Å². The first kappa shape index (κ1) is 13.1. The highest BCUT2D eigenvalue weighted by Crippen LogP contribution is 2.20. The van der Waals surface area contributed by atoms with Crippen molar-refractivity contribution in [2.24, 2.45) is 0 Å². The van der Waals surface area contributed by atoms with Gasteiger partial charge in [0.25, 0.3) is 0 Å². The van der Waals surface area contributed by atoms with Gasteiger partial charge >= 0.3 is 0 Å². The van der Waals surface area contributed by atoms with Crippen molar-refractivity contribution in [2.45, 2.75) is 26.7 Å². The second-order valence-corrected chi connectivity index (χ2v) is 5.22. The minimum atomic E-state index is 0.426. The normalized spacial score (nSPS) is 11.2. The average Bonchev–Trinajstić information content (AvgIpc) is 2.82. The molecule has 20 heavy (non-hydrogen) atoms. The molecule has 0 saturated carbocycles. The molecule has 0 saturated heterocycles. The molecule has 0 aliphatic rings. The zero-order valence-corrected chi connectivity index (χ0v) is 12.4. The van der Waals surface area contributed by atoms with E-state index in [1.54, 1.807) is 12.5 Å². The van der Waals surface area contributed by atoms with Crippen LogP contribution in [0.25, 0.3) is 17.0 Å². The molecule has 102 valence electrons. The molecule has 0 fully saturated rings. The molecule has 0 aliphatic carbocycles. The molecule has 1 aromatic carbocycles. The third-order valence-corrected chi connectivity index (χ3v) is 3.88. The highest BCUT2D eigenvalue weighted by molar-refractivity contribution is 6.17. The van der Waals surface area contributed by atoms with Crippen LogP contribution >= 0.6 is 11.6 Å². The summed E-state index contributed by atoms with van der Waals surface area (Å²) in [7, 11) is 0. The Morgan fingerprint density at radius 3 is 2.55 bits per heavy atom. The summed E-state index contributed by atoms with van der Waals surface area (Å²) in [5.74, 6) is 1.05. The van der Waals surface area contributed by atoms with Gasteiger partial charge < -0.3 is 0 Å². The number of benzene rings is 1. The van der Waals surface area contributed by atoms with Crippen LogP contribution in [0.4, 0.5) is 0 Å². The monoisotopic (exact) mass is 286 g/mol. The maximum atomic E-state index is 5.84. The van der Waals surface area contributed by atoms with Crippen molar-refractivity contribution < 1.29 is 0 Å². The number of hydrogen-bond acceptors (Lipinski definition) is 3. The molecule has 0 atom stereocenters. The Labute approximate surface area is 122 Å². The first-order valence-corrected chi connectivity index (χ1v) is 6.96. The Kier molecular flexibility index (Phi) is 3.18. The van der Waals surface area contributed by atoms with E-state index in [1.807, 2.05) is 11.5 Å². The zero-order chi connectivity index (χ0) is 14.3. The van der Waals surface area contributed by atoms with E-state index in [9.17, 15) is 0 Å². The summed E-state index contributed by atoms with van der Waals surface area (Å²) in [6.07, 6.45) is 3.54. The lowest BCUT2D eigenvalue weighted by Crippen LogP contribution is -2.03. The number of aromatic nitrogens is 4. The van der Waals surface area contributed by atoms with Gasteiger partial charge in [0.1, 0.15) is 6.33 Å². The lowest BCUT2D eigenvalue weighted by atomic mass is 10.1. The minimum Gasteiger partial charge on any atom is -0.267 e. The maximum Gasteiger partial charge on any atom is 0.235 e. The molecule has 5 heteroatoms. The molecule has 0 unspecified atom stereocenters. The molecule has 3 rings (SSSR count). The molecule has 0 radical (unpaired) electrons. The van der Waals surface area contributed by atoms with Crippen molar-refractivity contribution in [2.75, 3.05) is 0 Å². The number of rotatable bonds is 2. The number of imidazole rings is 1. The predicted molar refractivity (Wildman–Crippen MR) is 80.4 cm³/mol. The largest absolute Gasteiger partial charge is 0.267 e. The second-order valence-electron chi connectivity index (χ2n) is 4.95. The zero-order valence-electron chi connectivity index (χ0n) is 11.7. The number of aryl methyl sites for hydroxylation is 3. The molecule has 0 N–H and O–H groups in total. The quantitative estimate of drug-likeness (QED) is 0.678. The Bertz CT molecular complexity index is 792.